The maximum Gasteiger partial charge on any atom is 0.408 e. The Morgan fingerprint density at radius 1 is 1.17 bits per heavy atom. The molecule has 24 heavy (non-hydrogen) atoms. The number of aliphatic carboxylic acids is 2. The van der Waals surface area contributed by atoms with Gasteiger partial charge in [-0.3, -0.25) is 4.79 Å². The number of hydrogen-bond donors (Lipinski definition) is 3. The van der Waals surface area contributed by atoms with Gasteiger partial charge in [-0.25, -0.2) is 9.59 Å². The average Bonchev–Trinajstić information content (AvgIpc) is 2.87. The highest BCUT2D eigenvalue weighted by Crippen LogP contribution is 2.82. The summed E-state index contributed by atoms with van der Waals surface area (Å²) in [6, 6.07) is 9.05. The van der Waals surface area contributed by atoms with E-state index in [1.165, 1.54) is 0 Å². The zero-order valence-electron chi connectivity index (χ0n) is 12.8. The van der Waals surface area contributed by atoms with Crippen LogP contribution in [0.3, 0.4) is 0 Å². The van der Waals surface area contributed by atoms with E-state index in [1.54, 1.807) is 12.1 Å². The van der Waals surface area contributed by atoms with Crippen molar-refractivity contribution < 1.29 is 29.3 Å². The number of amides is 1. The van der Waals surface area contributed by atoms with Crippen molar-refractivity contribution >= 4 is 18.0 Å². The van der Waals surface area contributed by atoms with Crippen molar-refractivity contribution in [3.63, 3.8) is 0 Å². The first-order chi connectivity index (χ1) is 11.4. The van der Waals surface area contributed by atoms with E-state index in [-0.39, 0.29) is 18.4 Å². The smallest absolute Gasteiger partial charge is 0.408 e. The summed E-state index contributed by atoms with van der Waals surface area (Å²) in [6.07, 6.45) is 0.0190. The molecule has 5 atom stereocenters. The van der Waals surface area contributed by atoms with Crippen LogP contribution in [0.25, 0.3) is 0 Å². The van der Waals surface area contributed by atoms with Crippen molar-refractivity contribution in [2.45, 2.75) is 25.0 Å². The minimum atomic E-state index is -1.52. The summed E-state index contributed by atoms with van der Waals surface area (Å²) in [4.78, 5) is 35.6. The largest absolute Gasteiger partial charge is 0.481 e. The summed E-state index contributed by atoms with van der Waals surface area (Å²) in [5, 5.41) is 21.7. The molecule has 3 N–H and O–H groups in total. The molecule has 5 rings (SSSR count). The van der Waals surface area contributed by atoms with Crippen LogP contribution in [-0.4, -0.2) is 33.8 Å². The first-order valence-corrected chi connectivity index (χ1v) is 7.88. The number of carboxylic acids is 2. The van der Waals surface area contributed by atoms with Gasteiger partial charge in [0.15, 0.2) is 0 Å². The molecule has 4 fully saturated rings. The number of hydrogen-bond acceptors (Lipinski definition) is 4. The molecule has 1 aromatic rings. The van der Waals surface area contributed by atoms with Crippen molar-refractivity contribution in [1.82, 2.24) is 5.32 Å². The normalized spacial score (nSPS) is 37.8. The Labute approximate surface area is 137 Å². The summed E-state index contributed by atoms with van der Waals surface area (Å²) in [6.45, 7) is 0.0329. The topological polar surface area (TPSA) is 113 Å². The van der Waals surface area contributed by atoms with Crippen LogP contribution in [0.2, 0.25) is 0 Å². The monoisotopic (exact) mass is 331 g/mol. The molecule has 1 amide bonds. The van der Waals surface area contributed by atoms with Crippen molar-refractivity contribution in [1.29, 1.82) is 0 Å². The lowest BCUT2D eigenvalue weighted by Gasteiger charge is -2.29. The fourth-order valence-electron chi connectivity index (χ4n) is 5.11. The van der Waals surface area contributed by atoms with Gasteiger partial charge in [0.1, 0.15) is 12.1 Å². The fraction of sp³-hybridized carbons (Fsp3) is 0.471. The van der Waals surface area contributed by atoms with Gasteiger partial charge < -0.3 is 20.3 Å². The molecule has 4 aliphatic carbocycles. The highest BCUT2D eigenvalue weighted by Gasteiger charge is 2.90. The Balaban J connectivity index is 1.49. The number of ether oxygens (including phenoxy) is 1. The van der Waals surface area contributed by atoms with Gasteiger partial charge in [0.2, 0.25) is 0 Å². The molecule has 126 valence electrons. The summed E-state index contributed by atoms with van der Waals surface area (Å²) in [5.41, 5.74) is -1.70. The minimum absolute atomic E-state index is 0.0329. The minimum Gasteiger partial charge on any atom is -0.481 e. The van der Waals surface area contributed by atoms with Gasteiger partial charge in [-0.1, -0.05) is 30.3 Å². The van der Waals surface area contributed by atoms with E-state index in [9.17, 15) is 24.6 Å². The van der Waals surface area contributed by atoms with Gasteiger partial charge in [0.05, 0.1) is 5.41 Å². The van der Waals surface area contributed by atoms with E-state index in [1.807, 2.05) is 18.2 Å². The number of carboxylic acid groups (broad SMARTS) is 2. The average molecular weight is 331 g/mol. The van der Waals surface area contributed by atoms with Crippen LogP contribution in [0.5, 0.6) is 0 Å². The third kappa shape index (κ3) is 1.69. The Morgan fingerprint density at radius 3 is 2.42 bits per heavy atom. The Bertz CT molecular complexity index is 734. The third-order valence-corrected chi connectivity index (χ3v) is 6.04. The molecule has 0 heterocycles. The first kappa shape index (κ1) is 15.0. The standard InChI is InChI=1S/C17H17NO6/c19-13(20)16-7-10-6-11(16)12(16)17(10,14(21)22)18-15(23)24-8-9-4-2-1-3-5-9/h1-5,10-12H,6-8H2,(H,18,23)(H,19,20)(H,21,22). The predicted octanol–water partition coefficient (Wildman–Crippen LogP) is 1.48. The van der Waals surface area contributed by atoms with Gasteiger partial charge in [-0.05, 0) is 30.2 Å². The second-order valence-corrected chi connectivity index (χ2v) is 6.93. The zero-order valence-corrected chi connectivity index (χ0v) is 12.8. The number of nitrogens with one attached hydrogen (secondary N) is 1. The Hall–Kier alpha value is -2.57. The molecular weight excluding hydrogens is 314 g/mol. The summed E-state index contributed by atoms with van der Waals surface area (Å²) < 4.78 is 5.13. The number of rotatable bonds is 5. The van der Waals surface area contributed by atoms with E-state index in [0.717, 1.165) is 5.56 Å². The van der Waals surface area contributed by atoms with E-state index in [2.05, 4.69) is 5.32 Å². The molecule has 0 aromatic heterocycles. The second kappa shape index (κ2) is 4.72. The first-order valence-electron chi connectivity index (χ1n) is 7.88. The van der Waals surface area contributed by atoms with E-state index >= 15 is 0 Å². The number of alkyl carbamates (subject to hydrolysis) is 1. The molecular formula is C17H17NO6. The highest BCUT2D eigenvalue weighted by molar-refractivity contribution is 5.93. The predicted molar refractivity (Wildman–Crippen MR) is 79.9 cm³/mol. The maximum absolute atomic E-state index is 12.1. The Morgan fingerprint density at radius 2 is 1.88 bits per heavy atom. The van der Waals surface area contributed by atoms with Crippen LogP contribution in [0, 0.1) is 23.2 Å². The van der Waals surface area contributed by atoms with Gasteiger partial charge in [0, 0.05) is 5.92 Å². The molecule has 0 saturated heterocycles. The van der Waals surface area contributed by atoms with Crippen LogP contribution in [0.4, 0.5) is 4.79 Å². The zero-order chi connectivity index (χ0) is 17.1. The van der Waals surface area contributed by atoms with Crippen LogP contribution in [0.15, 0.2) is 30.3 Å². The molecule has 4 aliphatic rings. The summed E-state index contributed by atoms with van der Waals surface area (Å²) >= 11 is 0. The van der Waals surface area contributed by atoms with E-state index in [0.29, 0.717) is 12.8 Å². The van der Waals surface area contributed by atoms with Crippen molar-refractivity contribution in [3.8, 4) is 0 Å². The summed E-state index contributed by atoms with van der Waals surface area (Å²) in [7, 11) is 0. The van der Waals surface area contributed by atoms with Gasteiger partial charge in [-0.15, -0.1) is 0 Å². The van der Waals surface area contributed by atoms with Crippen LogP contribution in [0.1, 0.15) is 18.4 Å². The van der Waals surface area contributed by atoms with Crippen molar-refractivity contribution in [3.05, 3.63) is 35.9 Å². The van der Waals surface area contributed by atoms with Crippen LogP contribution >= 0.6 is 0 Å². The quantitative estimate of drug-likeness (QED) is 0.753. The summed E-state index contributed by atoms with van der Waals surface area (Å²) in [5.74, 6) is -3.19. The van der Waals surface area contributed by atoms with Crippen molar-refractivity contribution in [2.24, 2.45) is 23.2 Å². The molecule has 7 heteroatoms. The third-order valence-electron chi connectivity index (χ3n) is 6.04. The molecule has 4 saturated carbocycles. The molecule has 5 unspecified atom stereocenters. The lowest BCUT2D eigenvalue weighted by molar-refractivity contribution is -0.147. The molecule has 0 spiro atoms. The van der Waals surface area contributed by atoms with Gasteiger partial charge >= 0.3 is 18.0 Å². The molecule has 7 nitrogen and oxygen atoms in total. The van der Waals surface area contributed by atoms with Crippen molar-refractivity contribution in [2.75, 3.05) is 0 Å². The molecule has 0 aliphatic heterocycles. The van der Waals surface area contributed by atoms with Gasteiger partial charge in [-0.2, -0.15) is 0 Å². The highest BCUT2D eigenvalue weighted by atomic mass is 16.5. The fourth-order valence-corrected chi connectivity index (χ4v) is 5.11. The SMILES string of the molecule is O=C(NC1(C(=O)O)C2CC3C1C3(C(=O)O)C2)OCc1ccccc1. The van der Waals surface area contributed by atoms with Crippen LogP contribution in [-0.2, 0) is 20.9 Å². The number of carbonyl (C=O) groups excluding carboxylic acids is 1. The lowest BCUT2D eigenvalue weighted by Crippen LogP contribution is -2.57. The van der Waals surface area contributed by atoms with E-state index < -0.39 is 34.9 Å². The lowest BCUT2D eigenvalue weighted by atomic mass is 9.88. The molecule has 0 radical (unpaired) electrons. The maximum atomic E-state index is 12.1. The van der Waals surface area contributed by atoms with E-state index in [4.69, 9.17) is 4.74 Å². The van der Waals surface area contributed by atoms with Crippen LogP contribution < -0.4 is 5.32 Å². The second-order valence-electron chi connectivity index (χ2n) is 6.93. The number of benzene rings is 1. The Kier molecular flexibility index (Phi) is 2.95. The molecule has 4 bridgehead atoms. The molecule has 1 aromatic carbocycles. The van der Waals surface area contributed by atoms with Gasteiger partial charge in [0.25, 0.3) is 0 Å². The number of carbonyl (C=O) groups is 3.